The number of carbonyl (C=O) groups excluding carboxylic acids is 1. The first kappa shape index (κ1) is 22.4. The van der Waals surface area contributed by atoms with E-state index < -0.39 is 5.82 Å². The molecule has 0 radical (unpaired) electrons. The second-order valence-corrected chi connectivity index (χ2v) is 8.96. The third-order valence-corrected chi connectivity index (χ3v) is 6.61. The summed E-state index contributed by atoms with van der Waals surface area (Å²) in [6, 6.07) is 9.72. The van der Waals surface area contributed by atoms with Gasteiger partial charge in [0.1, 0.15) is 18.4 Å². The molecule has 2 aromatic heterocycles. The molecular formula is C24H22BrFN6O2. The molecule has 1 saturated heterocycles. The highest BCUT2D eigenvalue weighted by Gasteiger charge is 2.20. The predicted molar refractivity (Wildman–Crippen MR) is 131 cm³/mol. The zero-order valence-electron chi connectivity index (χ0n) is 18.4. The van der Waals surface area contributed by atoms with Crippen LogP contribution in [0.5, 0.6) is 0 Å². The quantitative estimate of drug-likeness (QED) is 0.346. The van der Waals surface area contributed by atoms with Gasteiger partial charge in [-0.25, -0.2) is 19.3 Å². The highest BCUT2D eigenvalue weighted by Crippen LogP contribution is 2.29. The lowest BCUT2D eigenvalue weighted by Gasteiger charge is -2.23. The minimum Gasteiger partial charge on any atom is -0.358 e. The van der Waals surface area contributed by atoms with Crippen LogP contribution in [0.4, 0.5) is 21.6 Å². The summed E-state index contributed by atoms with van der Waals surface area (Å²) in [6.07, 6.45) is 5.99. The van der Waals surface area contributed by atoms with Crippen LogP contribution in [0, 0.1) is 12.7 Å². The molecule has 10 heteroatoms. The number of rotatable bonds is 5. The number of imidazole rings is 1. The molecule has 34 heavy (non-hydrogen) atoms. The summed E-state index contributed by atoms with van der Waals surface area (Å²) in [5, 5.41) is 5.73. The van der Waals surface area contributed by atoms with E-state index in [1.54, 1.807) is 30.6 Å². The van der Waals surface area contributed by atoms with E-state index in [1.165, 1.54) is 12.4 Å². The van der Waals surface area contributed by atoms with Gasteiger partial charge in [-0.3, -0.25) is 9.36 Å². The van der Waals surface area contributed by atoms with E-state index in [0.717, 1.165) is 29.3 Å². The molecule has 1 aliphatic rings. The number of ether oxygens (including phenoxy) is 1. The number of halogens is 2. The largest absolute Gasteiger partial charge is 0.358 e. The van der Waals surface area contributed by atoms with Crippen LogP contribution < -0.4 is 10.6 Å². The molecule has 8 nitrogen and oxygen atoms in total. The van der Waals surface area contributed by atoms with Gasteiger partial charge in [-0.2, -0.15) is 0 Å². The zero-order chi connectivity index (χ0) is 23.7. The monoisotopic (exact) mass is 524 g/mol. The molecule has 1 fully saturated rings. The van der Waals surface area contributed by atoms with E-state index in [1.807, 2.05) is 17.6 Å². The van der Waals surface area contributed by atoms with Gasteiger partial charge in [0.25, 0.3) is 5.91 Å². The number of anilines is 3. The molecule has 5 rings (SSSR count). The van der Waals surface area contributed by atoms with Gasteiger partial charge in [0.05, 0.1) is 12.0 Å². The van der Waals surface area contributed by atoms with E-state index in [9.17, 15) is 9.18 Å². The average molecular weight is 525 g/mol. The van der Waals surface area contributed by atoms with Crippen molar-refractivity contribution in [1.29, 1.82) is 0 Å². The Morgan fingerprint density at radius 2 is 2.06 bits per heavy atom. The number of aromatic nitrogens is 4. The molecule has 0 aliphatic carbocycles. The van der Waals surface area contributed by atoms with Crippen LogP contribution in [0.15, 0.2) is 53.5 Å². The van der Waals surface area contributed by atoms with Gasteiger partial charge in [-0.05, 0) is 68.1 Å². The minimum absolute atomic E-state index is 0.115. The standard InChI is InChI=1S/C24H22BrFN6O2/c1-14-10-15(5-7-17(14)25)24(33)30-16-6-8-19(18(26)11-16)31-22-21-23(28-12-27-22)32(13-29-21)20-4-2-3-9-34-20/h5-8,10-13,20H,2-4,9H2,1H3,(H,30,33)(H,27,28,31). The van der Waals surface area contributed by atoms with Crippen molar-refractivity contribution < 1.29 is 13.9 Å². The molecular weight excluding hydrogens is 503 g/mol. The third-order valence-electron chi connectivity index (χ3n) is 5.72. The smallest absolute Gasteiger partial charge is 0.255 e. The fourth-order valence-electron chi connectivity index (χ4n) is 3.91. The molecule has 1 amide bonds. The molecule has 2 aromatic carbocycles. The lowest BCUT2D eigenvalue weighted by Crippen LogP contribution is -2.17. The first-order valence-electron chi connectivity index (χ1n) is 10.9. The highest BCUT2D eigenvalue weighted by molar-refractivity contribution is 9.10. The molecule has 0 saturated carbocycles. The van der Waals surface area contributed by atoms with Gasteiger partial charge in [0, 0.05) is 22.3 Å². The van der Waals surface area contributed by atoms with Crippen molar-refractivity contribution in [2.45, 2.75) is 32.4 Å². The maximum absolute atomic E-state index is 14.9. The fourth-order valence-corrected chi connectivity index (χ4v) is 4.15. The van der Waals surface area contributed by atoms with Crippen LogP contribution in [-0.2, 0) is 4.74 Å². The number of carbonyl (C=O) groups is 1. The molecule has 1 atom stereocenters. The minimum atomic E-state index is -0.536. The van der Waals surface area contributed by atoms with Crippen LogP contribution in [-0.4, -0.2) is 32.0 Å². The van der Waals surface area contributed by atoms with Crippen LogP contribution >= 0.6 is 15.9 Å². The highest BCUT2D eigenvalue weighted by atomic mass is 79.9. The average Bonchev–Trinajstić information content (AvgIpc) is 3.28. The summed E-state index contributed by atoms with van der Waals surface area (Å²) in [6.45, 7) is 2.60. The van der Waals surface area contributed by atoms with Crippen LogP contribution in [0.1, 0.15) is 41.4 Å². The zero-order valence-corrected chi connectivity index (χ0v) is 20.0. The molecule has 174 valence electrons. The third kappa shape index (κ3) is 4.51. The molecule has 0 bridgehead atoms. The van der Waals surface area contributed by atoms with E-state index in [4.69, 9.17) is 4.74 Å². The van der Waals surface area contributed by atoms with Gasteiger partial charge in [-0.1, -0.05) is 15.9 Å². The Labute approximate surface area is 203 Å². The first-order valence-corrected chi connectivity index (χ1v) is 11.7. The Balaban J connectivity index is 1.34. The number of hydrogen-bond donors (Lipinski definition) is 2. The van der Waals surface area contributed by atoms with Gasteiger partial charge in [0.15, 0.2) is 17.0 Å². The van der Waals surface area contributed by atoms with Crippen molar-refractivity contribution in [3.05, 3.63) is 70.5 Å². The number of benzene rings is 2. The van der Waals surface area contributed by atoms with Gasteiger partial charge < -0.3 is 15.4 Å². The summed E-state index contributed by atoms with van der Waals surface area (Å²) < 4.78 is 23.5. The predicted octanol–water partition coefficient (Wildman–Crippen LogP) is 5.73. The lowest BCUT2D eigenvalue weighted by atomic mass is 10.1. The summed E-state index contributed by atoms with van der Waals surface area (Å²) in [5.41, 5.74) is 3.13. The Hall–Kier alpha value is -3.37. The van der Waals surface area contributed by atoms with Gasteiger partial charge >= 0.3 is 0 Å². The van der Waals surface area contributed by atoms with E-state index in [-0.39, 0.29) is 17.8 Å². The summed E-state index contributed by atoms with van der Waals surface area (Å²) in [5.74, 6) is -0.462. The molecule has 1 aliphatic heterocycles. The Kier molecular flexibility index (Phi) is 6.25. The molecule has 1 unspecified atom stereocenters. The number of fused-ring (bicyclic) bond motifs is 1. The Bertz CT molecular complexity index is 1370. The van der Waals surface area contributed by atoms with Crippen molar-refractivity contribution in [2.75, 3.05) is 17.2 Å². The van der Waals surface area contributed by atoms with Crippen molar-refractivity contribution in [2.24, 2.45) is 0 Å². The maximum Gasteiger partial charge on any atom is 0.255 e. The van der Waals surface area contributed by atoms with Crippen molar-refractivity contribution in [3.63, 3.8) is 0 Å². The molecule has 2 N–H and O–H groups in total. The van der Waals surface area contributed by atoms with Gasteiger partial charge in [-0.15, -0.1) is 0 Å². The number of aryl methyl sites for hydroxylation is 1. The second-order valence-electron chi connectivity index (χ2n) is 8.11. The maximum atomic E-state index is 14.9. The molecule has 3 heterocycles. The molecule has 0 spiro atoms. The molecule has 4 aromatic rings. The SMILES string of the molecule is Cc1cc(C(=O)Nc2ccc(Nc3ncnc4c3ncn4C3CCCCO3)c(F)c2)ccc1Br. The number of nitrogens with one attached hydrogen (secondary N) is 2. The lowest BCUT2D eigenvalue weighted by molar-refractivity contribution is -0.0298. The van der Waals surface area contributed by atoms with Crippen LogP contribution in [0.2, 0.25) is 0 Å². The number of nitrogens with zero attached hydrogens (tertiary/aromatic N) is 4. The fraction of sp³-hybridized carbons (Fsp3) is 0.250. The van der Waals surface area contributed by atoms with E-state index in [0.29, 0.717) is 34.8 Å². The van der Waals surface area contributed by atoms with E-state index in [2.05, 4.69) is 41.5 Å². The second kappa shape index (κ2) is 9.47. The number of hydrogen-bond acceptors (Lipinski definition) is 6. The summed E-state index contributed by atoms with van der Waals surface area (Å²) in [4.78, 5) is 25.6. The first-order chi connectivity index (χ1) is 16.5. The van der Waals surface area contributed by atoms with Crippen molar-refractivity contribution in [1.82, 2.24) is 19.5 Å². The van der Waals surface area contributed by atoms with Crippen molar-refractivity contribution >= 4 is 50.2 Å². The number of amides is 1. The normalized spacial score (nSPS) is 15.9. The van der Waals surface area contributed by atoms with Crippen LogP contribution in [0.3, 0.4) is 0 Å². The summed E-state index contributed by atoms with van der Waals surface area (Å²) >= 11 is 3.42. The van der Waals surface area contributed by atoms with Crippen molar-refractivity contribution in [3.8, 4) is 0 Å². The topological polar surface area (TPSA) is 94.0 Å². The van der Waals surface area contributed by atoms with Crippen LogP contribution in [0.25, 0.3) is 11.2 Å². The summed E-state index contributed by atoms with van der Waals surface area (Å²) in [7, 11) is 0. The Morgan fingerprint density at radius 1 is 1.18 bits per heavy atom. The van der Waals surface area contributed by atoms with Gasteiger partial charge in [0.2, 0.25) is 0 Å². The van der Waals surface area contributed by atoms with E-state index >= 15 is 0 Å². The Morgan fingerprint density at radius 3 is 2.82 bits per heavy atom.